The zero-order chi connectivity index (χ0) is 11.4. The number of benzene rings is 1. The van der Waals surface area contributed by atoms with Crippen LogP contribution in [0.15, 0.2) is 18.2 Å². The van der Waals surface area contributed by atoms with E-state index in [0.29, 0.717) is 10.6 Å². The van der Waals surface area contributed by atoms with Gasteiger partial charge in [-0.15, -0.1) is 0 Å². The molecule has 0 unspecified atom stereocenters. The number of Topliss-reactive ketones (excluding diaryl/α,β-unsaturated/α-hetero) is 1. The van der Waals surface area contributed by atoms with Crippen molar-refractivity contribution in [2.24, 2.45) is 0 Å². The number of ether oxygens (including phenoxy) is 1. The molecule has 0 aromatic heterocycles. The zero-order valence-corrected chi connectivity index (χ0v) is 9.30. The highest BCUT2D eigenvalue weighted by atomic mass is 35.5. The average Bonchev–Trinajstić information content (AvgIpc) is 2.22. The molecule has 15 heavy (non-hydrogen) atoms. The van der Waals surface area contributed by atoms with Gasteiger partial charge in [-0.05, 0) is 24.1 Å². The smallest absolute Gasteiger partial charge is 0.374 e. The molecule has 0 fully saturated rings. The highest BCUT2D eigenvalue weighted by Gasteiger charge is 2.17. The molecule has 0 radical (unpaired) electrons. The number of hydrogen-bond donors (Lipinski definition) is 0. The Bertz CT molecular complexity index is 379. The largest absolute Gasteiger partial charge is 0.463 e. The minimum atomic E-state index is -0.839. The predicted octanol–water partition coefficient (Wildman–Crippen LogP) is 1.93. The lowest BCUT2D eigenvalue weighted by atomic mass is 10.0. The fraction of sp³-hybridized carbons (Fsp3) is 0.273. The topological polar surface area (TPSA) is 43.4 Å². The molecule has 0 aliphatic carbocycles. The quantitative estimate of drug-likeness (QED) is 0.584. The Labute approximate surface area is 93.0 Å². The summed E-state index contributed by atoms with van der Waals surface area (Å²) in [6.07, 6.45) is -0.0157. The van der Waals surface area contributed by atoms with E-state index < -0.39 is 11.8 Å². The van der Waals surface area contributed by atoms with Crippen molar-refractivity contribution in [1.82, 2.24) is 0 Å². The van der Waals surface area contributed by atoms with Crippen LogP contribution in [-0.4, -0.2) is 18.9 Å². The van der Waals surface area contributed by atoms with E-state index in [0.717, 1.165) is 5.56 Å². The molecule has 1 rings (SSSR count). The lowest BCUT2D eigenvalue weighted by Crippen LogP contribution is -2.18. The van der Waals surface area contributed by atoms with Crippen molar-refractivity contribution >= 4 is 23.4 Å². The Hall–Kier alpha value is -1.35. The number of ketones is 1. The molecule has 4 heteroatoms. The van der Waals surface area contributed by atoms with Crippen molar-refractivity contribution in [2.45, 2.75) is 13.3 Å². The summed E-state index contributed by atoms with van der Waals surface area (Å²) in [4.78, 5) is 22.2. The fourth-order valence-electron chi connectivity index (χ4n) is 1.24. The highest BCUT2D eigenvalue weighted by molar-refractivity contribution is 6.35. The normalized spacial score (nSPS) is 9.80. The first-order chi connectivity index (χ1) is 7.06. The first kappa shape index (κ1) is 11.7. The van der Waals surface area contributed by atoms with Gasteiger partial charge in [-0.3, -0.25) is 4.79 Å². The molecular formula is C11H11ClO3. The van der Waals surface area contributed by atoms with E-state index in [1.165, 1.54) is 7.11 Å². The minimum absolute atomic E-state index is 0.0157. The molecule has 1 aromatic rings. The van der Waals surface area contributed by atoms with Crippen molar-refractivity contribution in [1.29, 1.82) is 0 Å². The summed E-state index contributed by atoms with van der Waals surface area (Å²) >= 11 is 5.92. The van der Waals surface area contributed by atoms with E-state index in [1.54, 1.807) is 12.1 Å². The Balaban J connectivity index is 2.90. The number of methoxy groups -OCH3 is 1. The predicted molar refractivity (Wildman–Crippen MR) is 56.9 cm³/mol. The molecule has 0 N–H and O–H groups in total. The van der Waals surface area contributed by atoms with Gasteiger partial charge in [0.2, 0.25) is 5.78 Å². The lowest BCUT2D eigenvalue weighted by Gasteiger charge is -2.06. The summed E-state index contributed by atoms with van der Waals surface area (Å²) in [5, 5.41) is 0.493. The van der Waals surface area contributed by atoms with Gasteiger partial charge in [0.1, 0.15) is 0 Å². The first-order valence-electron chi connectivity index (χ1n) is 4.41. The molecule has 0 atom stereocenters. The standard InChI is InChI=1S/C11H11ClO3/c1-7-4-3-5-9(12)8(7)6-10(13)11(14)15-2/h3-5H,6H2,1-2H3. The molecule has 0 aliphatic heterocycles. The summed E-state index contributed by atoms with van der Waals surface area (Å²) in [6, 6.07) is 5.32. The second-order valence-electron chi connectivity index (χ2n) is 3.13. The lowest BCUT2D eigenvalue weighted by molar-refractivity contribution is -0.151. The van der Waals surface area contributed by atoms with Crippen LogP contribution < -0.4 is 0 Å². The van der Waals surface area contributed by atoms with Crippen LogP contribution in [0.25, 0.3) is 0 Å². The maximum Gasteiger partial charge on any atom is 0.374 e. The van der Waals surface area contributed by atoms with Gasteiger partial charge in [-0.2, -0.15) is 0 Å². The maximum absolute atomic E-state index is 11.3. The van der Waals surface area contributed by atoms with E-state index >= 15 is 0 Å². The molecule has 1 aromatic carbocycles. The Morgan fingerprint density at radius 2 is 2.07 bits per heavy atom. The average molecular weight is 227 g/mol. The van der Waals surface area contributed by atoms with E-state index in [1.807, 2.05) is 13.0 Å². The van der Waals surface area contributed by atoms with Crippen molar-refractivity contribution in [2.75, 3.05) is 7.11 Å². The van der Waals surface area contributed by atoms with Crippen LogP contribution in [0.1, 0.15) is 11.1 Å². The van der Waals surface area contributed by atoms with E-state index in [-0.39, 0.29) is 6.42 Å². The number of hydrogen-bond acceptors (Lipinski definition) is 3. The molecule has 3 nitrogen and oxygen atoms in total. The summed E-state index contributed by atoms with van der Waals surface area (Å²) in [7, 11) is 1.18. The monoisotopic (exact) mass is 226 g/mol. The minimum Gasteiger partial charge on any atom is -0.463 e. The number of halogens is 1. The van der Waals surface area contributed by atoms with E-state index in [9.17, 15) is 9.59 Å². The Morgan fingerprint density at radius 3 is 2.60 bits per heavy atom. The molecule has 0 saturated heterocycles. The van der Waals surface area contributed by atoms with Gasteiger partial charge in [-0.1, -0.05) is 23.7 Å². The van der Waals surface area contributed by atoms with Crippen LogP contribution in [0.3, 0.4) is 0 Å². The molecule has 0 bridgehead atoms. The Morgan fingerprint density at radius 1 is 1.40 bits per heavy atom. The van der Waals surface area contributed by atoms with Crippen LogP contribution in [0.2, 0.25) is 5.02 Å². The van der Waals surface area contributed by atoms with Gasteiger partial charge in [0.25, 0.3) is 0 Å². The maximum atomic E-state index is 11.3. The molecule has 0 spiro atoms. The van der Waals surface area contributed by atoms with Crippen LogP contribution in [0.4, 0.5) is 0 Å². The third kappa shape index (κ3) is 2.80. The van der Waals surface area contributed by atoms with Gasteiger partial charge >= 0.3 is 5.97 Å². The van der Waals surface area contributed by atoms with Gasteiger partial charge in [0, 0.05) is 11.4 Å². The molecule has 80 valence electrons. The van der Waals surface area contributed by atoms with Crippen LogP contribution in [0.5, 0.6) is 0 Å². The van der Waals surface area contributed by atoms with Crippen molar-refractivity contribution in [3.05, 3.63) is 34.3 Å². The molecule has 0 heterocycles. The molecule has 0 saturated carbocycles. The number of esters is 1. The summed E-state index contributed by atoms with van der Waals surface area (Å²) < 4.78 is 4.33. The van der Waals surface area contributed by atoms with Crippen LogP contribution in [0, 0.1) is 6.92 Å². The van der Waals surface area contributed by atoms with E-state index in [2.05, 4.69) is 4.74 Å². The zero-order valence-electron chi connectivity index (χ0n) is 8.54. The molecular weight excluding hydrogens is 216 g/mol. The summed E-state index contributed by atoms with van der Waals surface area (Å²) in [5.74, 6) is -1.43. The SMILES string of the molecule is COC(=O)C(=O)Cc1c(C)cccc1Cl. The number of aryl methyl sites for hydroxylation is 1. The second kappa shape index (κ2) is 4.94. The third-order valence-corrected chi connectivity index (χ3v) is 2.46. The van der Waals surface area contributed by atoms with Crippen LogP contribution >= 0.6 is 11.6 Å². The number of carbonyl (C=O) groups is 2. The fourth-order valence-corrected chi connectivity index (χ4v) is 1.53. The van der Waals surface area contributed by atoms with Gasteiger partial charge < -0.3 is 4.74 Å². The van der Waals surface area contributed by atoms with Crippen molar-refractivity contribution in [3.8, 4) is 0 Å². The van der Waals surface area contributed by atoms with Gasteiger partial charge in [-0.25, -0.2) is 4.79 Å². The van der Waals surface area contributed by atoms with Gasteiger partial charge in [0.05, 0.1) is 7.11 Å². The number of carbonyl (C=O) groups excluding carboxylic acids is 2. The first-order valence-corrected chi connectivity index (χ1v) is 4.79. The molecule has 0 amide bonds. The summed E-state index contributed by atoms with van der Waals surface area (Å²) in [6.45, 7) is 1.84. The second-order valence-corrected chi connectivity index (χ2v) is 3.53. The highest BCUT2D eigenvalue weighted by Crippen LogP contribution is 2.20. The van der Waals surface area contributed by atoms with Gasteiger partial charge in [0.15, 0.2) is 0 Å². The number of rotatable bonds is 3. The molecule has 0 aliphatic rings. The van der Waals surface area contributed by atoms with Crippen LogP contribution in [-0.2, 0) is 20.7 Å². The van der Waals surface area contributed by atoms with E-state index in [4.69, 9.17) is 11.6 Å². The Kier molecular flexibility index (Phi) is 3.86. The third-order valence-electron chi connectivity index (χ3n) is 2.10. The van der Waals surface area contributed by atoms with Crippen molar-refractivity contribution < 1.29 is 14.3 Å². The summed E-state index contributed by atoms with van der Waals surface area (Å²) in [5.41, 5.74) is 1.56. The van der Waals surface area contributed by atoms with Crippen molar-refractivity contribution in [3.63, 3.8) is 0 Å².